The zero-order chi connectivity index (χ0) is 17.0. The molecular formula is C15H16FN3O4. The van der Waals surface area contributed by atoms with E-state index in [1.165, 1.54) is 19.1 Å². The molecular weight excluding hydrogens is 305 g/mol. The standard InChI is InChI=1S/C15H16FN3O4/c1-8-3-4-10(7-11(8)16)17-14(21)9(2)23-15(22)12-5-6-13(20)19-18-12/h3-4,7,9H,5-6H2,1-2H3,(H,17,21)(H,19,20)/t9-/m1/s1. The van der Waals surface area contributed by atoms with Gasteiger partial charge in [0, 0.05) is 18.5 Å². The number of nitrogens with one attached hydrogen (secondary N) is 2. The number of aryl methyl sites for hydroxylation is 1. The Morgan fingerprint density at radius 3 is 2.74 bits per heavy atom. The van der Waals surface area contributed by atoms with Gasteiger partial charge in [0.05, 0.1) is 0 Å². The van der Waals surface area contributed by atoms with Gasteiger partial charge in [-0.1, -0.05) is 6.07 Å². The van der Waals surface area contributed by atoms with Gasteiger partial charge in [0.1, 0.15) is 11.5 Å². The minimum atomic E-state index is -1.09. The van der Waals surface area contributed by atoms with Gasteiger partial charge in [-0.15, -0.1) is 0 Å². The van der Waals surface area contributed by atoms with Crippen LogP contribution in [0, 0.1) is 12.7 Å². The summed E-state index contributed by atoms with van der Waals surface area (Å²) in [4.78, 5) is 34.7. The van der Waals surface area contributed by atoms with Crippen molar-refractivity contribution in [3.8, 4) is 0 Å². The van der Waals surface area contributed by atoms with Gasteiger partial charge in [-0.25, -0.2) is 14.6 Å². The maximum atomic E-state index is 13.4. The Balaban J connectivity index is 1.93. The Hall–Kier alpha value is -2.77. The summed E-state index contributed by atoms with van der Waals surface area (Å²) < 4.78 is 18.4. The zero-order valence-corrected chi connectivity index (χ0v) is 12.7. The number of esters is 1. The molecule has 2 N–H and O–H groups in total. The van der Waals surface area contributed by atoms with Crippen LogP contribution in [0.15, 0.2) is 23.3 Å². The second-order valence-corrected chi connectivity index (χ2v) is 5.09. The summed E-state index contributed by atoms with van der Waals surface area (Å²) >= 11 is 0. The summed E-state index contributed by atoms with van der Waals surface area (Å²) in [6.07, 6.45) is -0.800. The first kappa shape index (κ1) is 16.6. The molecule has 0 spiro atoms. The molecule has 0 unspecified atom stereocenters. The number of hydrogen-bond acceptors (Lipinski definition) is 5. The van der Waals surface area contributed by atoms with E-state index in [0.717, 1.165) is 0 Å². The van der Waals surface area contributed by atoms with Crippen LogP contribution in [0.3, 0.4) is 0 Å². The number of carbonyl (C=O) groups excluding carboxylic acids is 3. The number of amides is 2. The van der Waals surface area contributed by atoms with Crippen LogP contribution in [0.5, 0.6) is 0 Å². The number of ether oxygens (including phenoxy) is 1. The van der Waals surface area contributed by atoms with Crippen LogP contribution in [0.2, 0.25) is 0 Å². The van der Waals surface area contributed by atoms with Crippen molar-refractivity contribution >= 4 is 29.2 Å². The number of hydrazone groups is 1. The van der Waals surface area contributed by atoms with Gasteiger partial charge in [-0.2, -0.15) is 5.10 Å². The van der Waals surface area contributed by atoms with Crippen molar-refractivity contribution in [3.05, 3.63) is 29.6 Å². The molecule has 0 fully saturated rings. The highest BCUT2D eigenvalue weighted by Gasteiger charge is 2.24. The van der Waals surface area contributed by atoms with Gasteiger partial charge in [-0.3, -0.25) is 9.59 Å². The molecule has 23 heavy (non-hydrogen) atoms. The second-order valence-electron chi connectivity index (χ2n) is 5.09. The third-order valence-electron chi connectivity index (χ3n) is 3.23. The number of hydrogen-bond donors (Lipinski definition) is 2. The number of anilines is 1. The number of halogens is 1. The third-order valence-corrected chi connectivity index (χ3v) is 3.23. The van der Waals surface area contributed by atoms with Crippen molar-refractivity contribution < 1.29 is 23.5 Å². The molecule has 1 aromatic carbocycles. The molecule has 1 aliphatic heterocycles. The molecule has 0 bridgehead atoms. The number of carbonyl (C=O) groups is 3. The van der Waals surface area contributed by atoms with E-state index >= 15 is 0 Å². The fourth-order valence-electron chi connectivity index (χ4n) is 1.82. The second kappa shape index (κ2) is 6.99. The van der Waals surface area contributed by atoms with E-state index in [-0.39, 0.29) is 30.1 Å². The highest BCUT2D eigenvalue weighted by molar-refractivity contribution is 6.37. The number of benzene rings is 1. The van der Waals surface area contributed by atoms with E-state index in [2.05, 4.69) is 15.8 Å². The van der Waals surface area contributed by atoms with Crippen LogP contribution < -0.4 is 10.7 Å². The van der Waals surface area contributed by atoms with Crippen molar-refractivity contribution in [2.45, 2.75) is 32.8 Å². The predicted octanol–water partition coefficient (Wildman–Crippen LogP) is 1.27. The summed E-state index contributed by atoms with van der Waals surface area (Å²) in [6, 6.07) is 4.26. The molecule has 8 heteroatoms. The first-order valence-corrected chi connectivity index (χ1v) is 7.00. The lowest BCUT2D eigenvalue weighted by molar-refractivity contribution is -0.146. The fourth-order valence-corrected chi connectivity index (χ4v) is 1.82. The van der Waals surface area contributed by atoms with Gasteiger partial charge in [0.2, 0.25) is 5.91 Å². The number of rotatable bonds is 4. The summed E-state index contributed by atoms with van der Waals surface area (Å²) in [5, 5.41) is 6.05. The van der Waals surface area contributed by atoms with Gasteiger partial charge in [0.25, 0.3) is 5.91 Å². The van der Waals surface area contributed by atoms with Crippen LogP contribution in [0.1, 0.15) is 25.3 Å². The Labute approximate surface area is 131 Å². The van der Waals surface area contributed by atoms with Crippen LogP contribution in [-0.4, -0.2) is 29.6 Å². The van der Waals surface area contributed by atoms with Gasteiger partial charge in [-0.05, 0) is 31.5 Å². The van der Waals surface area contributed by atoms with E-state index in [9.17, 15) is 18.8 Å². The molecule has 0 saturated carbocycles. The Morgan fingerprint density at radius 2 is 2.13 bits per heavy atom. The van der Waals surface area contributed by atoms with Crippen LogP contribution in [-0.2, 0) is 19.1 Å². The quantitative estimate of drug-likeness (QED) is 0.816. The molecule has 2 rings (SSSR count). The van der Waals surface area contributed by atoms with Crippen molar-refractivity contribution in [3.63, 3.8) is 0 Å². The summed E-state index contributed by atoms with van der Waals surface area (Å²) in [5.74, 6) is -2.10. The molecule has 7 nitrogen and oxygen atoms in total. The van der Waals surface area contributed by atoms with Crippen molar-refractivity contribution in [1.82, 2.24) is 5.43 Å². The molecule has 0 saturated heterocycles. The lowest BCUT2D eigenvalue weighted by atomic mass is 10.2. The van der Waals surface area contributed by atoms with Crippen molar-refractivity contribution in [2.24, 2.45) is 5.10 Å². The zero-order valence-electron chi connectivity index (χ0n) is 12.7. The molecule has 122 valence electrons. The predicted molar refractivity (Wildman–Crippen MR) is 80.1 cm³/mol. The summed E-state index contributed by atoms with van der Waals surface area (Å²) in [5.41, 5.74) is 2.94. The molecule has 1 atom stereocenters. The lowest BCUT2D eigenvalue weighted by Crippen LogP contribution is -2.35. The van der Waals surface area contributed by atoms with Crippen molar-refractivity contribution in [1.29, 1.82) is 0 Å². The average Bonchev–Trinajstić information content (AvgIpc) is 2.51. The summed E-state index contributed by atoms with van der Waals surface area (Å²) in [7, 11) is 0. The Morgan fingerprint density at radius 1 is 1.39 bits per heavy atom. The maximum absolute atomic E-state index is 13.4. The minimum Gasteiger partial charge on any atom is -0.448 e. The molecule has 0 radical (unpaired) electrons. The van der Waals surface area contributed by atoms with E-state index < -0.39 is 23.8 Å². The molecule has 2 amide bonds. The fraction of sp³-hybridized carbons (Fsp3) is 0.333. The van der Waals surface area contributed by atoms with Crippen LogP contribution >= 0.6 is 0 Å². The Bertz CT molecular complexity index is 687. The Kier molecular flexibility index (Phi) is 5.05. The topological polar surface area (TPSA) is 96.9 Å². The normalized spacial score (nSPS) is 15.3. The summed E-state index contributed by atoms with van der Waals surface area (Å²) in [6.45, 7) is 2.99. The smallest absolute Gasteiger partial charge is 0.355 e. The third kappa shape index (κ3) is 4.35. The average molecular weight is 321 g/mol. The van der Waals surface area contributed by atoms with E-state index in [1.54, 1.807) is 13.0 Å². The molecule has 0 aliphatic carbocycles. The van der Waals surface area contributed by atoms with E-state index in [1.807, 2.05) is 0 Å². The molecule has 1 aliphatic rings. The first-order valence-electron chi connectivity index (χ1n) is 7.00. The minimum absolute atomic E-state index is 0.0469. The SMILES string of the molecule is Cc1ccc(NC(=O)[C@@H](C)OC(=O)C2=NNC(=O)CC2)cc1F. The molecule has 1 aromatic rings. The highest BCUT2D eigenvalue weighted by atomic mass is 19.1. The van der Waals surface area contributed by atoms with Gasteiger partial charge in [0.15, 0.2) is 6.10 Å². The maximum Gasteiger partial charge on any atom is 0.355 e. The van der Waals surface area contributed by atoms with Gasteiger partial charge >= 0.3 is 5.97 Å². The first-order chi connectivity index (χ1) is 10.9. The largest absolute Gasteiger partial charge is 0.448 e. The monoisotopic (exact) mass is 321 g/mol. The van der Waals surface area contributed by atoms with Crippen LogP contribution in [0.4, 0.5) is 10.1 Å². The number of nitrogens with zero attached hydrogens (tertiary/aromatic N) is 1. The molecule has 1 heterocycles. The van der Waals surface area contributed by atoms with E-state index in [4.69, 9.17) is 4.74 Å². The van der Waals surface area contributed by atoms with Crippen molar-refractivity contribution in [2.75, 3.05) is 5.32 Å². The van der Waals surface area contributed by atoms with Gasteiger partial charge < -0.3 is 10.1 Å². The molecule has 0 aromatic heterocycles. The van der Waals surface area contributed by atoms with Crippen LogP contribution in [0.25, 0.3) is 0 Å². The van der Waals surface area contributed by atoms with E-state index in [0.29, 0.717) is 5.56 Å². The highest BCUT2D eigenvalue weighted by Crippen LogP contribution is 2.14. The lowest BCUT2D eigenvalue weighted by Gasteiger charge is -2.16.